The van der Waals surface area contributed by atoms with Gasteiger partial charge >= 0.3 is 5.69 Å². The van der Waals surface area contributed by atoms with Gasteiger partial charge in [-0.1, -0.05) is 37.3 Å². The predicted octanol–water partition coefficient (Wildman–Crippen LogP) is 1.41. The lowest BCUT2D eigenvalue weighted by Crippen LogP contribution is -2.16. The van der Waals surface area contributed by atoms with E-state index in [1.54, 1.807) is 0 Å². The third-order valence-electron chi connectivity index (χ3n) is 2.48. The third kappa shape index (κ3) is 2.33. The van der Waals surface area contributed by atoms with Crippen LogP contribution in [0.1, 0.15) is 25.2 Å². The van der Waals surface area contributed by atoms with Crippen molar-refractivity contribution in [2.24, 2.45) is 5.10 Å². The molecular weight excluding hydrogens is 216 g/mol. The summed E-state index contributed by atoms with van der Waals surface area (Å²) in [5, 5.41) is 10.6. The van der Waals surface area contributed by atoms with E-state index in [0.717, 1.165) is 11.3 Å². The second-order valence-corrected chi connectivity index (χ2v) is 3.66. The molecule has 0 aliphatic carbocycles. The molecule has 5 nitrogen and oxygen atoms in total. The molecule has 1 heterocycles. The Morgan fingerprint density at radius 3 is 2.76 bits per heavy atom. The molecule has 0 bridgehead atoms. The monoisotopic (exact) mass is 230 g/mol. The van der Waals surface area contributed by atoms with Crippen molar-refractivity contribution in [2.75, 3.05) is 0 Å². The highest BCUT2D eigenvalue weighted by atomic mass is 16.2. The number of aromatic amines is 1. The van der Waals surface area contributed by atoms with Crippen LogP contribution in [0.15, 0.2) is 40.2 Å². The van der Waals surface area contributed by atoms with E-state index in [9.17, 15) is 4.79 Å². The summed E-state index contributed by atoms with van der Waals surface area (Å²) in [4.78, 5) is 11.5. The van der Waals surface area contributed by atoms with Crippen LogP contribution >= 0.6 is 0 Å². The summed E-state index contributed by atoms with van der Waals surface area (Å²) >= 11 is 0. The molecule has 2 rings (SSSR count). The molecule has 0 radical (unpaired) electrons. The molecule has 0 amide bonds. The van der Waals surface area contributed by atoms with Gasteiger partial charge in [-0.05, 0) is 12.5 Å². The lowest BCUT2D eigenvalue weighted by Gasteiger charge is -2.01. The summed E-state index contributed by atoms with van der Waals surface area (Å²) in [5.74, 6) is 0.630. The van der Waals surface area contributed by atoms with Gasteiger partial charge in [0.1, 0.15) is 0 Å². The van der Waals surface area contributed by atoms with Gasteiger partial charge in [0.2, 0.25) is 0 Å². The zero-order valence-electron chi connectivity index (χ0n) is 9.84. The summed E-state index contributed by atoms with van der Waals surface area (Å²) in [7, 11) is 0. The first-order valence-electron chi connectivity index (χ1n) is 5.49. The maximum atomic E-state index is 11.5. The highest BCUT2D eigenvalue weighted by molar-refractivity contribution is 5.98. The lowest BCUT2D eigenvalue weighted by molar-refractivity contribution is 0.761. The third-order valence-corrected chi connectivity index (χ3v) is 2.48. The molecule has 0 spiro atoms. The van der Waals surface area contributed by atoms with Crippen molar-refractivity contribution < 1.29 is 0 Å². The normalized spacial score (nSPS) is 11.8. The second kappa shape index (κ2) is 4.78. The summed E-state index contributed by atoms with van der Waals surface area (Å²) in [6, 6.07) is 9.73. The number of nitrogens with one attached hydrogen (secondary N) is 1. The van der Waals surface area contributed by atoms with Crippen molar-refractivity contribution in [2.45, 2.75) is 20.3 Å². The Bertz CT molecular complexity index is 580. The molecule has 1 N–H and O–H groups in total. The summed E-state index contributed by atoms with van der Waals surface area (Å²) in [6.45, 7) is 3.80. The van der Waals surface area contributed by atoms with Crippen LogP contribution in [0.5, 0.6) is 0 Å². The molecule has 0 aliphatic rings. The van der Waals surface area contributed by atoms with Crippen LogP contribution in [-0.4, -0.2) is 20.6 Å². The Morgan fingerprint density at radius 1 is 1.41 bits per heavy atom. The van der Waals surface area contributed by atoms with Gasteiger partial charge in [0.25, 0.3) is 0 Å². The molecule has 2 aromatic rings. The fourth-order valence-electron chi connectivity index (χ4n) is 1.54. The number of H-pyrrole nitrogens is 1. The minimum Gasteiger partial charge on any atom is -0.244 e. The highest BCUT2D eigenvalue weighted by Gasteiger charge is 2.05. The van der Waals surface area contributed by atoms with Crippen LogP contribution in [0.3, 0.4) is 0 Å². The molecule has 88 valence electrons. The molecule has 0 atom stereocenters. The predicted molar refractivity (Wildman–Crippen MR) is 66.3 cm³/mol. The first-order chi connectivity index (χ1) is 8.22. The summed E-state index contributed by atoms with van der Waals surface area (Å²) in [5.41, 5.74) is 1.46. The fourth-order valence-corrected chi connectivity index (χ4v) is 1.54. The van der Waals surface area contributed by atoms with E-state index >= 15 is 0 Å². The molecular formula is C12H14N4O. The van der Waals surface area contributed by atoms with E-state index in [4.69, 9.17) is 0 Å². The molecule has 17 heavy (non-hydrogen) atoms. The van der Waals surface area contributed by atoms with Crippen LogP contribution in [0, 0.1) is 0 Å². The van der Waals surface area contributed by atoms with E-state index in [-0.39, 0.29) is 5.69 Å². The van der Waals surface area contributed by atoms with Gasteiger partial charge in [0.15, 0.2) is 5.82 Å². The topological polar surface area (TPSA) is 63.0 Å². The van der Waals surface area contributed by atoms with Gasteiger partial charge in [-0.15, -0.1) is 0 Å². The number of nitrogens with zero attached hydrogens (tertiary/aromatic N) is 3. The van der Waals surface area contributed by atoms with Gasteiger partial charge in [-0.2, -0.15) is 14.9 Å². The van der Waals surface area contributed by atoms with Gasteiger partial charge < -0.3 is 0 Å². The maximum absolute atomic E-state index is 11.5. The highest BCUT2D eigenvalue weighted by Crippen LogP contribution is 2.02. The van der Waals surface area contributed by atoms with Gasteiger partial charge in [-0.3, -0.25) is 0 Å². The molecule has 1 aromatic carbocycles. The Hall–Kier alpha value is -2.17. The van der Waals surface area contributed by atoms with Crippen LogP contribution in [0.4, 0.5) is 0 Å². The van der Waals surface area contributed by atoms with E-state index in [2.05, 4.69) is 15.3 Å². The minimum atomic E-state index is -0.308. The SMILES string of the molecule is CCc1n[nH]c(=O)n1/N=C(\C)c1ccccc1. The number of aryl methyl sites for hydroxylation is 1. The first-order valence-corrected chi connectivity index (χ1v) is 5.49. The Morgan fingerprint density at radius 2 is 2.12 bits per heavy atom. The minimum absolute atomic E-state index is 0.308. The summed E-state index contributed by atoms with van der Waals surface area (Å²) < 4.78 is 1.31. The Labute approximate surface area is 98.8 Å². The second-order valence-electron chi connectivity index (χ2n) is 3.66. The van der Waals surface area contributed by atoms with Crippen LogP contribution in [0.2, 0.25) is 0 Å². The number of rotatable bonds is 3. The average molecular weight is 230 g/mol. The van der Waals surface area contributed by atoms with Crippen molar-refractivity contribution in [1.82, 2.24) is 14.9 Å². The van der Waals surface area contributed by atoms with Crippen molar-refractivity contribution in [1.29, 1.82) is 0 Å². The molecule has 0 fully saturated rings. The quantitative estimate of drug-likeness (QED) is 0.810. The van der Waals surface area contributed by atoms with Crippen molar-refractivity contribution in [3.8, 4) is 0 Å². The fraction of sp³-hybridized carbons (Fsp3) is 0.250. The van der Waals surface area contributed by atoms with Crippen LogP contribution in [-0.2, 0) is 6.42 Å². The molecule has 5 heteroatoms. The van der Waals surface area contributed by atoms with Gasteiger partial charge in [-0.25, -0.2) is 9.89 Å². The van der Waals surface area contributed by atoms with Crippen LogP contribution in [0.25, 0.3) is 0 Å². The standard InChI is InChI=1S/C12H14N4O/c1-3-11-13-14-12(17)16(11)15-9(2)10-7-5-4-6-8-10/h4-8H,3H2,1-2H3,(H,14,17)/b15-9+. The van der Waals surface area contributed by atoms with E-state index < -0.39 is 0 Å². The molecule has 0 saturated heterocycles. The van der Waals surface area contributed by atoms with Crippen LogP contribution < -0.4 is 5.69 Å². The Kier molecular flexibility index (Phi) is 3.18. The zero-order valence-corrected chi connectivity index (χ0v) is 9.84. The van der Waals surface area contributed by atoms with E-state index in [1.807, 2.05) is 44.2 Å². The Balaban J connectivity index is 2.43. The largest absolute Gasteiger partial charge is 0.364 e. The summed E-state index contributed by atoms with van der Waals surface area (Å²) in [6.07, 6.45) is 0.657. The number of hydrogen-bond donors (Lipinski definition) is 1. The number of aromatic nitrogens is 3. The molecule has 1 aromatic heterocycles. The molecule has 0 unspecified atom stereocenters. The number of hydrogen-bond acceptors (Lipinski definition) is 3. The van der Waals surface area contributed by atoms with Gasteiger partial charge in [0, 0.05) is 6.42 Å². The smallest absolute Gasteiger partial charge is 0.244 e. The lowest BCUT2D eigenvalue weighted by atomic mass is 10.1. The average Bonchev–Trinajstić information content (AvgIpc) is 2.71. The zero-order chi connectivity index (χ0) is 12.3. The van der Waals surface area contributed by atoms with Crippen molar-refractivity contribution in [3.63, 3.8) is 0 Å². The molecule has 0 aliphatic heterocycles. The van der Waals surface area contributed by atoms with E-state index in [0.29, 0.717) is 12.2 Å². The van der Waals surface area contributed by atoms with Crippen molar-refractivity contribution in [3.05, 3.63) is 52.2 Å². The maximum Gasteiger partial charge on any atom is 0.364 e. The van der Waals surface area contributed by atoms with E-state index in [1.165, 1.54) is 4.68 Å². The number of benzene rings is 1. The first kappa shape index (κ1) is 11.3. The molecule has 0 saturated carbocycles. The van der Waals surface area contributed by atoms with Gasteiger partial charge in [0.05, 0.1) is 5.71 Å². The van der Waals surface area contributed by atoms with Crippen molar-refractivity contribution >= 4 is 5.71 Å².